The van der Waals surface area contributed by atoms with Crippen LogP contribution < -0.4 is 10.5 Å². The molecule has 1 heterocycles. The molecule has 0 amide bonds. The van der Waals surface area contributed by atoms with Gasteiger partial charge < -0.3 is 5.73 Å². The Hall–Kier alpha value is -0.320. The summed E-state index contributed by atoms with van der Waals surface area (Å²) >= 11 is 7.88. The molecule has 0 unspecified atom stereocenters. The van der Waals surface area contributed by atoms with Crippen LogP contribution in [0.15, 0.2) is 37.4 Å². The third kappa shape index (κ3) is 3.91. The lowest BCUT2D eigenvalue weighted by atomic mass is 10.2. The molecule has 4 nitrogen and oxygen atoms in total. The summed E-state index contributed by atoms with van der Waals surface area (Å²) in [5.74, 6) is -0.821. The Kier molecular flexibility index (Phi) is 5.55. The second-order valence-electron chi connectivity index (χ2n) is 4.10. The number of hydrogen-bond acceptors (Lipinski definition) is 4. The maximum absolute atomic E-state index is 14.2. The molecule has 0 radical (unpaired) electrons. The highest BCUT2D eigenvalue weighted by Gasteiger charge is 2.22. The number of nitrogens with two attached hydrogens (primary N) is 1. The number of nitrogens with one attached hydrogen (secondary N) is 1. The van der Waals surface area contributed by atoms with Crippen LogP contribution >= 0.6 is 43.2 Å². The van der Waals surface area contributed by atoms with Crippen molar-refractivity contribution < 1.29 is 12.8 Å². The Morgan fingerprint density at radius 2 is 2.05 bits per heavy atom. The van der Waals surface area contributed by atoms with Gasteiger partial charge in [-0.15, -0.1) is 11.3 Å². The van der Waals surface area contributed by atoms with E-state index in [4.69, 9.17) is 5.73 Å². The number of halogens is 3. The van der Waals surface area contributed by atoms with E-state index >= 15 is 0 Å². The molecule has 0 bridgehead atoms. The van der Waals surface area contributed by atoms with E-state index < -0.39 is 20.7 Å². The smallest absolute Gasteiger partial charge is 0.243 e. The summed E-state index contributed by atoms with van der Waals surface area (Å²) in [6.45, 7) is 0.00869. The molecule has 1 aromatic heterocycles. The van der Waals surface area contributed by atoms with Crippen LogP contribution in [0.3, 0.4) is 0 Å². The van der Waals surface area contributed by atoms with E-state index in [1.165, 1.54) is 23.5 Å². The highest BCUT2D eigenvalue weighted by molar-refractivity contribution is 9.10. The number of thiophene rings is 1. The Morgan fingerprint density at radius 3 is 2.62 bits per heavy atom. The largest absolute Gasteiger partial charge is 0.326 e. The van der Waals surface area contributed by atoms with Gasteiger partial charge in [0.15, 0.2) is 0 Å². The monoisotopic (exact) mass is 456 g/mol. The first kappa shape index (κ1) is 17.0. The van der Waals surface area contributed by atoms with Gasteiger partial charge in [-0.25, -0.2) is 17.5 Å². The second kappa shape index (κ2) is 6.84. The highest BCUT2D eigenvalue weighted by Crippen LogP contribution is 2.26. The van der Waals surface area contributed by atoms with E-state index in [-0.39, 0.29) is 18.7 Å². The van der Waals surface area contributed by atoms with Gasteiger partial charge in [-0.1, -0.05) is 15.9 Å². The van der Waals surface area contributed by atoms with Gasteiger partial charge in [-0.3, -0.25) is 0 Å². The first-order chi connectivity index (χ1) is 9.85. The van der Waals surface area contributed by atoms with E-state index in [0.29, 0.717) is 4.47 Å². The minimum Gasteiger partial charge on any atom is -0.326 e. The summed E-state index contributed by atoms with van der Waals surface area (Å²) in [7, 11) is -3.96. The Balaban J connectivity index is 2.32. The quantitative estimate of drug-likeness (QED) is 0.723. The zero-order valence-electron chi connectivity index (χ0n) is 10.6. The lowest BCUT2D eigenvalue weighted by Gasteiger charge is -2.10. The van der Waals surface area contributed by atoms with E-state index in [0.717, 1.165) is 9.35 Å². The molecule has 2 rings (SSSR count). The topological polar surface area (TPSA) is 72.2 Å². The molecule has 0 aliphatic rings. The van der Waals surface area contributed by atoms with Crippen molar-refractivity contribution in [1.29, 1.82) is 0 Å². The third-order valence-electron chi connectivity index (χ3n) is 2.70. The summed E-state index contributed by atoms with van der Waals surface area (Å²) in [6, 6.07) is 4.50. The van der Waals surface area contributed by atoms with E-state index in [1.807, 2.05) is 11.4 Å². The molecule has 0 atom stereocenters. The molecule has 3 N–H and O–H groups in total. The fraction of sp³-hybridized carbons (Fsp3) is 0.167. The molecular weight excluding hydrogens is 447 g/mol. The Morgan fingerprint density at radius 1 is 1.33 bits per heavy atom. The van der Waals surface area contributed by atoms with E-state index in [9.17, 15) is 12.8 Å². The van der Waals surface area contributed by atoms with E-state index in [2.05, 4.69) is 36.6 Å². The first-order valence-corrected chi connectivity index (χ1v) is 9.69. The predicted octanol–water partition coefficient (Wildman–Crippen LogP) is 3.35. The van der Waals surface area contributed by atoms with Crippen molar-refractivity contribution in [3.05, 3.63) is 48.8 Å². The minimum atomic E-state index is -3.96. The standard InChI is InChI=1S/C12H11Br2FN2O2S2/c13-8-3-7(5-16)12(15)11(4-8)21(18,19)17-6-10-9(14)1-2-20-10/h1-4,17H,5-6,16H2. The molecule has 0 aliphatic carbocycles. The fourth-order valence-electron chi connectivity index (χ4n) is 1.65. The molecule has 9 heteroatoms. The van der Waals surface area contributed by atoms with Gasteiger partial charge in [0.25, 0.3) is 0 Å². The minimum absolute atomic E-state index is 0.0791. The molecule has 21 heavy (non-hydrogen) atoms. The average Bonchev–Trinajstić information content (AvgIpc) is 2.84. The van der Waals surface area contributed by atoms with Crippen LogP contribution in [0.2, 0.25) is 0 Å². The molecule has 0 fully saturated rings. The second-order valence-corrected chi connectivity index (χ2v) is 8.60. The Labute approximate surface area is 142 Å². The number of rotatable bonds is 5. The van der Waals surface area contributed by atoms with Crippen molar-refractivity contribution in [3.8, 4) is 0 Å². The van der Waals surface area contributed by atoms with E-state index in [1.54, 1.807) is 0 Å². The van der Waals surface area contributed by atoms with Crippen LogP contribution in [0.1, 0.15) is 10.4 Å². The van der Waals surface area contributed by atoms with Crippen LogP contribution in [-0.4, -0.2) is 8.42 Å². The highest BCUT2D eigenvalue weighted by atomic mass is 79.9. The van der Waals surface area contributed by atoms with Crippen LogP contribution in [0.25, 0.3) is 0 Å². The molecule has 0 spiro atoms. The zero-order chi connectivity index (χ0) is 15.6. The van der Waals surface area contributed by atoms with Gasteiger partial charge in [0.2, 0.25) is 10.0 Å². The molecule has 0 saturated carbocycles. The molecule has 1 aromatic carbocycles. The van der Waals surface area contributed by atoms with Crippen molar-refractivity contribution in [2.24, 2.45) is 5.73 Å². The van der Waals surface area contributed by atoms with Gasteiger partial charge in [0, 0.05) is 32.5 Å². The van der Waals surface area contributed by atoms with Crippen molar-refractivity contribution in [3.63, 3.8) is 0 Å². The van der Waals surface area contributed by atoms with Crippen LogP contribution in [0.5, 0.6) is 0 Å². The summed E-state index contributed by atoms with van der Waals surface area (Å²) in [6.07, 6.45) is 0. The number of sulfonamides is 1. The van der Waals surface area contributed by atoms with Crippen molar-refractivity contribution in [1.82, 2.24) is 4.72 Å². The fourth-order valence-corrected chi connectivity index (χ4v) is 4.97. The summed E-state index contributed by atoms with van der Waals surface area (Å²) < 4.78 is 42.3. The lowest BCUT2D eigenvalue weighted by Crippen LogP contribution is -2.24. The number of hydrogen-bond donors (Lipinski definition) is 2. The van der Waals surface area contributed by atoms with Crippen molar-refractivity contribution in [2.75, 3.05) is 0 Å². The number of benzene rings is 1. The SMILES string of the molecule is NCc1cc(Br)cc(S(=O)(=O)NCc2sccc2Br)c1F. The average molecular weight is 458 g/mol. The van der Waals surface area contributed by atoms with Crippen molar-refractivity contribution in [2.45, 2.75) is 18.0 Å². The predicted molar refractivity (Wildman–Crippen MR) is 88.0 cm³/mol. The third-order valence-corrected chi connectivity index (χ3v) is 6.49. The molecule has 0 aliphatic heterocycles. The lowest BCUT2D eigenvalue weighted by molar-refractivity contribution is 0.549. The first-order valence-electron chi connectivity index (χ1n) is 5.74. The molecule has 114 valence electrons. The van der Waals surface area contributed by atoms with Gasteiger partial charge in [0.1, 0.15) is 10.7 Å². The maximum atomic E-state index is 14.2. The normalized spacial score (nSPS) is 11.8. The molecule has 2 aromatic rings. The van der Waals surface area contributed by atoms with Crippen LogP contribution in [-0.2, 0) is 23.1 Å². The van der Waals surface area contributed by atoms with Crippen LogP contribution in [0.4, 0.5) is 4.39 Å². The molecular formula is C12H11Br2FN2O2S2. The van der Waals surface area contributed by atoms with Gasteiger partial charge >= 0.3 is 0 Å². The zero-order valence-corrected chi connectivity index (χ0v) is 15.4. The summed E-state index contributed by atoms with van der Waals surface area (Å²) in [4.78, 5) is 0.401. The summed E-state index contributed by atoms with van der Waals surface area (Å²) in [5, 5.41) is 1.83. The van der Waals surface area contributed by atoms with Crippen molar-refractivity contribution >= 4 is 53.2 Å². The Bertz CT molecular complexity index is 763. The molecule has 0 saturated heterocycles. The van der Waals surface area contributed by atoms with Crippen LogP contribution in [0, 0.1) is 5.82 Å². The van der Waals surface area contributed by atoms with Gasteiger partial charge in [0.05, 0.1) is 0 Å². The van der Waals surface area contributed by atoms with Gasteiger partial charge in [-0.05, 0) is 39.5 Å². The maximum Gasteiger partial charge on any atom is 0.243 e. The van der Waals surface area contributed by atoms with Gasteiger partial charge in [-0.2, -0.15) is 0 Å². The summed E-state index contributed by atoms with van der Waals surface area (Å²) in [5.41, 5.74) is 5.56.